The van der Waals surface area contributed by atoms with E-state index in [1.54, 1.807) is 18.2 Å². The molecule has 4 rings (SSSR count). The average molecular weight is 349 g/mol. The highest BCUT2D eigenvalue weighted by atomic mass is 19.1. The number of para-hydroxylation sites is 1. The third kappa shape index (κ3) is 3.01. The molecular weight excluding hydrogens is 333 g/mol. The molecule has 6 heteroatoms. The molecule has 0 spiro atoms. The van der Waals surface area contributed by atoms with Gasteiger partial charge >= 0.3 is 0 Å². The summed E-state index contributed by atoms with van der Waals surface area (Å²) in [5.41, 5.74) is 2.65. The molecule has 0 saturated carbocycles. The number of halogens is 1. The summed E-state index contributed by atoms with van der Waals surface area (Å²) >= 11 is 0. The van der Waals surface area contributed by atoms with E-state index in [2.05, 4.69) is 10.4 Å². The van der Waals surface area contributed by atoms with E-state index in [1.165, 1.54) is 22.9 Å². The van der Waals surface area contributed by atoms with Gasteiger partial charge in [0.1, 0.15) is 11.9 Å². The van der Waals surface area contributed by atoms with Crippen LogP contribution in [0.25, 0.3) is 11.3 Å². The summed E-state index contributed by atoms with van der Waals surface area (Å²) in [4.78, 5) is 25.0. The van der Waals surface area contributed by atoms with E-state index >= 15 is 0 Å². The van der Waals surface area contributed by atoms with Crippen LogP contribution in [0.2, 0.25) is 0 Å². The fraction of sp³-hybridized carbons (Fsp3) is 0.150. The number of anilines is 1. The Hall–Kier alpha value is -3.28. The number of nitrogens with zero attached hydrogens (tertiary/aromatic N) is 2. The van der Waals surface area contributed by atoms with E-state index in [4.69, 9.17) is 0 Å². The van der Waals surface area contributed by atoms with Crippen LogP contribution in [0.15, 0.2) is 65.5 Å². The molecule has 1 aliphatic rings. The van der Waals surface area contributed by atoms with Gasteiger partial charge in [0.25, 0.3) is 5.56 Å². The van der Waals surface area contributed by atoms with Gasteiger partial charge in [0.05, 0.1) is 5.69 Å². The molecule has 5 nitrogen and oxygen atoms in total. The Balaban J connectivity index is 1.71. The molecule has 0 bridgehead atoms. The fourth-order valence-corrected chi connectivity index (χ4v) is 3.16. The van der Waals surface area contributed by atoms with E-state index < -0.39 is 6.04 Å². The summed E-state index contributed by atoms with van der Waals surface area (Å²) in [5.74, 6) is -0.608. The molecule has 3 aromatic rings. The number of carbonyl (C=O) groups excluding carboxylic acids is 1. The maximum atomic E-state index is 13.1. The van der Waals surface area contributed by atoms with Gasteiger partial charge in [0.15, 0.2) is 0 Å². The first-order chi connectivity index (χ1) is 12.6. The Labute approximate surface area is 149 Å². The standard InChI is InChI=1S/C20H16FN3O2/c21-15-8-5-14(6-9-15)17-10-12-19(25)24(23-17)18-11-7-13-3-1-2-4-16(13)22-20(18)26/h1-6,8-10,12,18H,7,11H2,(H,22,26)/t18-/m0/s1. The Morgan fingerprint density at radius 3 is 2.58 bits per heavy atom. The van der Waals surface area contributed by atoms with Crippen LogP contribution in [-0.2, 0) is 11.2 Å². The highest BCUT2D eigenvalue weighted by Gasteiger charge is 2.26. The summed E-state index contributed by atoms with van der Waals surface area (Å²) < 4.78 is 14.4. The fourth-order valence-electron chi connectivity index (χ4n) is 3.16. The van der Waals surface area contributed by atoms with Crippen molar-refractivity contribution in [1.82, 2.24) is 9.78 Å². The summed E-state index contributed by atoms with van der Waals surface area (Å²) in [5, 5.41) is 7.25. The Kier molecular flexibility index (Phi) is 4.08. The third-order valence-corrected chi connectivity index (χ3v) is 4.53. The number of aromatic nitrogens is 2. The molecule has 0 fully saturated rings. The topological polar surface area (TPSA) is 64.0 Å². The summed E-state index contributed by atoms with van der Waals surface area (Å²) in [6.45, 7) is 0. The highest BCUT2D eigenvalue weighted by Crippen LogP contribution is 2.26. The van der Waals surface area contributed by atoms with Crippen LogP contribution in [0.3, 0.4) is 0 Å². The Bertz CT molecular complexity index is 1030. The van der Waals surface area contributed by atoms with Crippen molar-refractivity contribution in [2.24, 2.45) is 0 Å². The number of rotatable bonds is 2. The van der Waals surface area contributed by atoms with Crippen LogP contribution in [-0.4, -0.2) is 15.7 Å². The van der Waals surface area contributed by atoms with Crippen molar-refractivity contribution < 1.29 is 9.18 Å². The average Bonchev–Trinajstić information content (AvgIpc) is 2.81. The number of hydrogen-bond acceptors (Lipinski definition) is 3. The minimum Gasteiger partial charge on any atom is -0.324 e. The van der Waals surface area contributed by atoms with E-state index in [-0.39, 0.29) is 17.3 Å². The van der Waals surface area contributed by atoms with E-state index in [0.29, 0.717) is 24.1 Å². The van der Waals surface area contributed by atoms with Crippen LogP contribution >= 0.6 is 0 Å². The first kappa shape index (κ1) is 16.2. The number of amides is 1. The first-order valence-electron chi connectivity index (χ1n) is 8.36. The predicted octanol–water partition coefficient (Wildman–Crippen LogP) is 3.18. The molecular formula is C20H16FN3O2. The number of aryl methyl sites for hydroxylation is 1. The van der Waals surface area contributed by atoms with Crippen LogP contribution in [0.4, 0.5) is 10.1 Å². The van der Waals surface area contributed by atoms with Crippen molar-refractivity contribution >= 4 is 11.6 Å². The molecule has 2 aromatic carbocycles. The van der Waals surface area contributed by atoms with Crippen molar-refractivity contribution in [3.05, 3.63) is 82.4 Å². The van der Waals surface area contributed by atoms with E-state index in [9.17, 15) is 14.0 Å². The molecule has 0 aliphatic carbocycles. The van der Waals surface area contributed by atoms with Gasteiger partial charge in [0, 0.05) is 17.3 Å². The number of benzene rings is 2. The van der Waals surface area contributed by atoms with E-state index in [0.717, 1.165) is 11.3 Å². The zero-order valence-electron chi connectivity index (χ0n) is 13.9. The lowest BCUT2D eigenvalue weighted by Gasteiger charge is -2.16. The van der Waals surface area contributed by atoms with Crippen molar-refractivity contribution in [2.75, 3.05) is 5.32 Å². The number of nitrogens with one attached hydrogen (secondary N) is 1. The van der Waals surface area contributed by atoms with Crippen LogP contribution < -0.4 is 10.9 Å². The molecule has 26 heavy (non-hydrogen) atoms. The quantitative estimate of drug-likeness (QED) is 0.773. The molecule has 130 valence electrons. The number of fused-ring (bicyclic) bond motifs is 1. The van der Waals surface area contributed by atoms with Crippen LogP contribution in [0.5, 0.6) is 0 Å². The smallest absolute Gasteiger partial charge is 0.267 e. The minimum absolute atomic E-state index is 0.263. The molecule has 1 amide bonds. The van der Waals surface area contributed by atoms with Gasteiger partial charge in [-0.25, -0.2) is 9.07 Å². The van der Waals surface area contributed by atoms with Gasteiger partial charge in [-0.2, -0.15) is 5.10 Å². The lowest BCUT2D eigenvalue weighted by atomic mass is 10.1. The summed E-state index contributed by atoms with van der Waals surface area (Å²) in [6.07, 6.45) is 1.14. The van der Waals surface area contributed by atoms with Gasteiger partial charge in [-0.15, -0.1) is 0 Å². The van der Waals surface area contributed by atoms with Gasteiger partial charge in [-0.1, -0.05) is 18.2 Å². The maximum absolute atomic E-state index is 13.1. The van der Waals surface area contributed by atoms with Gasteiger partial charge in [-0.3, -0.25) is 9.59 Å². The largest absolute Gasteiger partial charge is 0.324 e. The highest BCUT2D eigenvalue weighted by molar-refractivity contribution is 5.95. The Morgan fingerprint density at radius 2 is 1.77 bits per heavy atom. The van der Waals surface area contributed by atoms with Gasteiger partial charge in [-0.05, 0) is 54.8 Å². The van der Waals surface area contributed by atoms with Crippen molar-refractivity contribution in [3.63, 3.8) is 0 Å². The second-order valence-corrected chi connectivity index (χ2v) is 6.21. The van der Waals surface area contributed by atoms with Gasteiger partial charge in [0.2, 0.25) is 5.91 Å². The number of hydrogen-bond donors (Lipinski definition) is 1. The zero-order chi connectivity index (χ0) is 18.1. The maximum Gasteiger partial charge on any atom is 0.267 e. The normalized spacial score (nSPS) is 16.5. The molecule has 1 N–H and O–H groups in total. The van der Waals surface area contributed by atoms with Crippen LogP contribution in [0.1, 0.15) is 18.0 Å². The van der Waals surface area contributed by atoms with E-state index in [1.807, 2.05) is 24.3 Å². The second kappa shape index (κ2) is 6.55. The summed E-state index contributed by atoms with van der Waals surface area (Å²) in [6, 6.07) is 15.7. The summed E-state index contributed by atoms with van der Waals surface area (Å²) in [7, 11) is 0. The minimum atomic E-state index is -0.699. The van der Waals surface area contributed by atoms with Crippen molar-refractivity contribution in [3.8, 4) is 11.3 Å². The molecule has 1 aliphatic heterocycles. The molecule has 0 radical (unpaired) electrons. The Morgan fingerprint density at radius 1 is 1.00 bits per heavy atom. The SMILES string of the molecule is O=C1Nc2ccccc2CC[C@@H]1n1nc(-c2ccc(F)cc2)ccc1=O. The number of carbonyl (C=O) groups is 1. The predicted molar refractivity (Wildman–Crippen MR) is 96.3 cm³/mol. The molecule has 1 aromatic heterocycles. The van der Waals surface area contributed by atoms with Gasteiger partial charge < -0.3 is 5.32 Å². The van der Waals surface area contributed by atoms with Crippen molar-refractivity contribution in [2.45, 2.75) is 18.9 Å². The first-order valence-corrected chi connectivity index (χ1v) is 8.36. The second-order valence-electron chi connectivity index (χ2n) is 6.21. The third-order valence-electron chi connectivity index (χ3n) is 4.53. The molecule has 1 atom stereocenters. The molecule has 0 unspecified atom stereocenters. The lowest BCUT2D eigenvalue weighted by molar-refractivity contribution is -0.119. The molecule has 0 saturated heterocycles. The van der Waals surface area contributed by atoms with Crippen LogP contribution in [0, 0.1) is 5.82 Å². The lowest BCUT2D eigenvalue weighted by Crippen LogP contribution is -2.34. The monoisotopic (exact) mass is 349 g/mol. The van der Waals surface area contributed by atoms with Crippen molar-refractivity contribution in [1.29, 1.82) is 0 Å². The molecule has 2 heterocycles. The zero-order valence-corrected chi connectivity index (χ0v) is 13.9.